The monoisotopic (exact) mass is 251 g/mol. The number of ether oxygens (including phenoxy) is 1. The maximum Gasteiger partial charge on any atom is 0.227 e. The van der Waals surface area contributed by atoms with Gasteiger partial charge < -0.3 is 10.5 Å². The van der Waals surface area contributed by atoms with Crippen molar-refractivity contribution in [3.05, 3.63) is 10.9 Å². The molecule has 2 heterocycles. The van der Waals surface area contributed by atoms with Gasteiger partial charge in [0, 0.05) is 4.88 Å². The standard InChI is InChI=1S/C12H17N3OS/c1-4-7(3)16-10-9-6-8(5-2)17-11(9)15-12(13)14-10/h6-7H,4-5H2,1-3H3,(H2,13,14,15). The highest BCUT2D eigenvalue weighted by Gasteiger charge is 2.13. The SMILES string of the molecule is CCc1cc2c(OC(C)CC)nc(N)nc2s1. The normalized spacial score (nSPS) is 12.9. The third-order valence-electron chi connectivity index (χ3n) is 2.66. The molecule has 2 aromatic rings. The van der Waals surface area contributed by atoms with E-state index in [4.69, 9.17) is 10.5 Å². The van der Waals surface area contributed by atoms with Crippen LogP contribution in [0.3, 0.4) is 0 Å². The largest absolute Gasteiger partial charge is 0.474 e. The molecule has 1 atom stereocenters. The van der Waals surface area contributed by atoms with Crippen LogP contribution in [0.1, 0.15) is 32.1 Å². The molecule has 0 fully saturated rings. The minimum absolute atomic E-state index is 0.137. The summed E-state index contributed by atoms with van der Waals surface area (Å²) in [4.78, 5) is 10.6. The maximum absolute atomic E-state index is 5.79. The van der Waals surface area contributed by atoms with Crippen molar-refractivity contribution in [2.45, 2.75) is 39.7 Å². The van der Waals surface area contributed by atoms with Crippen LogP contribution in [0.25, 0.3) is 10.2 Å². The Bertz CT molecular complexity index is 524. The van der Waals surface area contributed by atoms with Gasteiger partial charge in [0.25, 0.3) is 0 Å². The van der Waals surface area contributed by atoms with E-state index in [2.05, 4.69) is 29.9 Å². The number of nitrogen functional groups attached to an aromatic ring is 1. The van der Waals surface area contributed by atoms with Gasteiger partial charge in [0.05, 0.1) is 11.5 Å². The highest BCUT2D eigenvalue weighted by Crippen LogP contribution is 2.31. The first-order chi connectivity index (χ1) is 8.13. The summed E-state index contributed by atoms with van der Waals surface area (Å²) in [6.45, 7) is 6.23. The Hall–Kier alpha value is -1.36. The molecular weight excluding hydrogens is 234 g/mol. The molecule has 0 amide bonds. The predicted octanol–water partition coefficient (Wildman–Crippen LogP) is 3.01. The minimum atomic E-state index is 0.137. The van der Waals surface area contributed by atoms with Crippen LogP contribution in [0.2, 0.25) is 0 Å². The summed E-state index contributed by atoms with van der Waals surface area (Å²) in [5.74, 6) is 0.887. The van der Waals surface area contributed by atoms with Crippen molar-refractivity contribution < 1.29 is 4.74 Å². The highest BCUT2D eigenvalue weighted by molar-refractivity contribution is 7.18. The fraction of sp³-hybridized carbons (Fsp3) is 0.500. The van der Waals surface area contributed by atoms with Crippen molar-refractivity contribution >= 4 is 27.5 Å². The topological polar surface area (TPSA) is 61.0 Å². The van der Waals surface area contributed by atoms with Gasteiger partial charge in [0.15, 0.2) is 0 Å². The second-order valence-electron chi connectivity index (χ2n) is 4.01. The molecule has 0 bridgehead atoms. The lowest BCUT2D eigenvalue weighted by Crippen LogP contribution is -2.11. The summed E-state index contributed by atoms with van der Waals surface area (Å²) >= 11 is 1.65. The first-order valence-electron chi connectivity index (χ1n) is 5.86. The fourth-order valence-electron chi connectivity index (χ4n) is 1.50. The Morgan fingerprint density at radius 1 is 1.41 bits per heavy atom. The number of nitrogens with two attached hydrogens (primary N) is 1. The molecule has 4 nitrogen and oxygen atoms in total. The number of aryl methyl sites for hydroxylation is 1. The number of fused-ring (bicyclic) bond motifs is 1. The quantitative estimate of drug-likeness (QED) is 0.907. The third-order valence-corrected chi connectivity index (χ3v) is 3.84. The van der Waals surface area contributed by atoms with Crippen LogP contribution >= 0.6 is 11.3 Å². The molecule has 2 aromatic heterocycles. The minimum Gasteiger partial charge on any atom is -0.474 e. The summed E-state index contributed by atoms with van der Waals surface area (Å²) in [7, 11) is 0. The molecule has 2 rings (SSSR count). The van der Waals surface area contributed by atoms with Gasteiger partial charge in [-0.2, -0.15) is 4.98 Å². The smallest absolute Gasteiger partial charge is 0.227 e. The van der Waals surface area contributed by atoms with Crippen LogP contribution in [0, 0.1) is 0 Å². The molecule has 0 radical (unpaired) electrons. The molecule has 1 unspecified atom stereocenters. The molecule has 17 heavy (non-hydrogen) atoms. The Morgan fingerprint density at radius 3 is 2.82 bits per heavy atom. The summed E-state index contributed by atoms with van der Waals surface area (Å²) < 4.78 is 5.79. The number of hydrogen-bond acceptors (Lipinski definition) is 5. The zero-order valence-corrected chi connectivity index (χ0v) is 11.2. The second-order valence-corrected chi connectivity index (χ2v) is 5.12. The number of hydrogen-bond donors (Lipinski definition) is 1. The Balaban J connectivity index is 2.48. The molecular formula is C12H17N3OS. The molecule has 0 saturated carbocycles. The van der Waals surface area contributed by atoms with Crippen LogP contribution in [0.5, 0.6) is 5.88 Å². The first-order valence-corrected chi connectivity index (χ1v) is 6.68. The van der Waals surface area contributed by atoms with Crippen LogP contribution in [0.15, 0.2) is 6.07 Å². The molecule has 92 valence electrons. The summed E-state index contributed by atoms with van der Waals surface area (Å²) in [6, 6.07) is 2.09. The molecule has 5 heteroatoms. The molecule has 0 aliphatic heterocycles. The van der Waals surface area contributed by atoms with Crippen LogP contribution in [-0.2, 0) is 6.42 Å². The van der Waals surface area contributed by atoms with Gasteiger partial charge in [-0.3, -0.25) is 0 Å². The average Bonchev–Trinajstić information content (AvgIpc) is 2.71. The summed E-state index contributed by atoms with van der Waals surface area (Å²) in [6.07, 6.45) is 2.07. The summed E-state index contributed by atoms with van der Waals surface area (Å²) in [5, 5.41) is 0.973. The molecule has 2 N–H and O–H groups in total. The van der Waals surface area contributed by atoms with E-state index in [1.165, 1.54) is 4.88 Å². The van der Waals surface area contributed by atoms with E-state index in [1.54, 1.807) is 11.3 Å². The lowest BCUT2D eigenvalue weighted by molar-refractivity contribution is 0.212. The third kappa shape index (κ3) is 2.49. The van der Waals surface area contributed by atoms with E-state index in [0.717, 1.165) is 23.1 Å². The van der Waals surface area contributed by atoms with Crippen LogP contribution in [0.4, 0.5) is 5.95 Å². The van der Waals surface area contributed by atoms with E-state index in [0.29, 0.717) is 5.88 Å². The lowest BCUT2D eigenvalue weighted by Gasteiger charge is -2.12. The first kappa shape index (κ1) is 12.1. The zero-order chi connectivity index (χ0) is 12.4. The molecule has 0 aromatic carbocycles. The van der Waals surface area contributed by atoms with E-state index in [-0.39, 0.29) is 12.1 Å². The average molecular weight is 251 g/mol. The molecule has 0 aliphatic rings. The van der Waals surface area contributed by atoms with Crippen LogP contribution in [-0.4, -0.2) is 16.1 Å². The maximum atomic E-state index is 5.79. The predicted molar refractivity (Wildman–Crippen MR) is 71.6 cm³/mol. The number of anilines is 1. The number of aromatic nitrogens is 2. The van der Waals surface area contributed by atoms with Crippen molar-refractivity contribution in [2.75, 3.05) is 5.73 Å². The van der Waals surface area contributed by atoms with E-state index >= 15 is 0 Å². The lowest BCUT2D eigenvalue weighted by atomic mass is 10.3. The molecule has 0 saturated heterocycles. The van der Waals surface area contributed by atoms with E-state index in [1.807, 2.05) is 6.92 Å². The van der Waals surface area contributed by atoms with Crippen molar-refractivity contribution in [1.82, 2.24) is 9.97 Å². The fourth-order valence-corrected chi connectivity index (χ4v) is 2.46. The van der Waals surface area contributed by atoms with Gasteiger partial charge in [-0.1, -0.05) is 13.8 Å². The zero-order valence-electron chi connectivity index (χ0n) is 10.4. The van der Waals surface area contributed by atoms with Gasteiger partial charge >= 0.3 is 0 Å². The van der Waals surface area contributed by atoms with Gasteiger partial charge in [-0.15, -0.1) is 11.3 Å². The number of nitrogens with zero attached hydrogens (tertiary/aromatic N) is 2. The Labute approximate surface area is 105 Å². The van der Waals surface area contributed by atoms with Crippen LogP contribution < -0.4 is 10.5 Å². The van der Waals surface area contributed by atoms with Crippen molar-refractivity contribution in [2.24, 2.45) is 0 Å². The second kappa shape index (κ2) is 4.87. The Morgan fingerprint density at radius 2 is 2.18 bits per heavy atom. The van der Waals surface area contributed by atoms with Crippen molar-refractivity contribution in [3.63, 3.8) is 0 Å². The summed E-state index contributed by atoms with van der Waals surface area (Å²) in [5.41, 5.74) is 5.70. The highest BCUT2D eigenvalue weighted by atomic mass is 32.1. The van der Waals surface area contributed by atoms with Gasteiger partial charge in [0.1, 0.15) is 4.83 Å². The van der Waals surface area contributed by atoms with Gasteiger partial charge in [-0.05, 0) is 25.8 Å². The molecule has 0 spiro atoms. The Kier molecular flexibility index (Phi) is 3.47. The van der Waals surface area contributed by atoms with Crippen molar-refractivity contribution in [3.8, 4) is 5.88 Å². The van der Waals surface area contributed by atoms with Crippen molar-refractivity contribution in [1.29, 1.82) is 0 Å². The number of thiophene rings is 1. The van der Waals surface area contributed by atoms with Gasteiger partial charge in [-0.25, -0.2) is 4.98 Å². The molecule has 0 aliphatic carbocycles. The number of rotatable bonds is 4. The van der Waals surface area contributed by atoms with E-state index in [9.17, 15) is 0 Å². The van der Waals surface area contributed by atoms with Gasteiger partial charge in [0.2, 0.25) is 11.8 Å². The van der Waals surface area contributed by atoms with E-state index < -0.39 is 0 Å².